The average Bonchev–Trinajstić information content (AvgIpc) is 2.53. The number of allylic oxidation sites excluding steroid dienone is 1. The first kappa shape index (κ1) is 5.41. The molecule has 0 aromatic carbocycles. The van der Waals surface area contributed by atoms with E-state index >= 15 is 0 Å². The topological polar surface area (TPSA) is 45.3 Å². The first-order chi connectivity index (χ1) is 4.29. The van der Waals surface area contributed by atoms with Crippen LogP contribution in [-0.2, 0) is 9.47 Å². The lowest BCUT2D eigenvalue weighted by Gasteiger charge is -1.92. The number of epoxide rings is 2. The van der Waals surface area contributed by atoms with Gasteiger partial charge in [0.1, 0.15) is 6.61 Å². The Balaban J connectivity index is 2.06. The monoisotopic (exact) mass is 128 g/mol. The van der Waals surface area contributed by atoms with Gasteiger partial charge in [-0.25, -0.2) is 0 Å². The van der Waals surface area contributed by atoms with Crippen molar-refractivity contribution < 1.29 is 14.6 Å². The first-order valence-electron chi connectivity index (χ1n) is 2.94. The quantitative estimate of drug-likeness (QED) is 0.421. The molecular formula is C6H8O3. The maximum Gasteiger partial charge on any atom is 0.257 e. The van der Waals surface area contributed by atoms with Gasteiger partial charge in [-0.1, -0.05) is 6.08 Å². The van der Waals surface area contributed by atoms with Crippen molar-refractivity contribution in [3.8, 4) is 0 Å². The van der Waals surface area contributed by atoms with Gasteiger partial charge in [-0.15, -0.1) is 0 Å². The van der Waals surface area contributed by atoms with Gasteiger partial charge in [-0.3, -0.25) is 0 Å². The summed E-state index contributed by atoms with van der Waals surface area (Å²) in [6.45, 7) is 1.84. The summed E-state index contributed by atoms with van der Waals surface area (Å²) in [4.78, 5) is 0. The summed E-state index contributed by atoms with van der Waals surface area (Å²) in [7, 11) is 0. The molecule has 0 spiro atoms. The molecule has 3 heteroatoms. The number of hydrogen-bond acceptors (Lipinski definition) is 3. The van der Waals surface area contributed by atoms with Crippen LogP contribution in [0.15, 0.2) is 12.2 Å². The van der Waals surface area contributed by atoms with Gasteiger partial charge in [0.05, 0.1) is 0 Å². The van der Waals surface area contributed by atoms with Crippen LogP contribution in [-0.4, -0.2) is 23.3 Å². The Morgan fingerprint density at radius 3 is 2.56 bits per heavy atom. The molecule has 2 saturated heterocycles. The summed E-state index contributed by atoms with van der Waals surface area (Å²) in [5.74, 6) is -1.14. The van der Waals surface area contributed by atoms with E-state index in [1.807, 2.05) is 19.1 Å². The number of ether oxygens (including phenoxy) is 2. The Morgan fingerprint density at radius 2 is 2.22 bits per heavy atom. The molecule has 0 amide bonds. The Hall–Kier alpha value is -0.380. The Kier molecular flexibility index (Phi) is 0.726. The minimum Gasteiger partial charge on any atom is -0.391 e. The third-order valence-electron chi connectivity index (χ3n) is 1.67. The van der Waals surface area contributed by atoms with Crippen LogP contribution in [0.5, 0.6) is 0 Å². The van der Waals surface area contributed by atoms with Crippen molar-refractivity contribution in [2.45, 2.75) is 18.5 Å². The third kappa shape index (κ3) is 0.431. The average molecular weight is 128 g/mol. The van der Waals surface area contributed by atoms with Crippen LogP contribution in [0.3, 0.4) is 0 Å². The molecule has 0 bridgehead atoms. The minimum atomic E-state index is -0.625. The van der Waals surface area contributed by atoms with Gasteiger partial charge in [-0.2, -0.15) is 0 Å². The number of fused-ring (bicyclic) bond motifs is 1. The third-order valence-corrected chi connectivity index (χ3v) is 1.67. The van der Waals surface area contributed by atoms with E-state index in [9.17, 15) is 0 Å². The van der Waals surface area contributed by atoms with Gasteiger partial charge in [0, 0.05) is 0 Å². The summed E-state index contributed by atoms with van der Waals surface area (Å²) in [5, 5.41) is 8.61. The molecule has 2 aliphatic heterocycles. The van der Waals surface area contributed by atoms with E-state index in [-0.39, 0.29) is 6.61 Å². The number of aliphatic hydroxyl groups is 1. The van der Waals surface area contributed by atoms with Crippen molar-refractivity contribution in [1.29, 1.82) is 0 Å². The predicted octanol–water partition coefficient (Wildman–Crippen LogP) is 0.00780. The van der Waals surface area contributed by atoms with Crippen LogP contribution in [0, 0.1) is 0 Å². The Labute approximate surface area is 52.9 Å². The van der Waals surface area contributed by atoms with Crippen LogP contribution < -0.4 is 0 Å². The minimum absolute atomic E-state index is 0.0443. The van der Waals surface area contributed by atoms with Crippen LogP contribution >= 0.6 is 0 Å². The van der Waals surface area contributed by atoms with Gasteiger partial charge < -0.3 is 14.6 Å². The molecule has 1 N–H and O–H groups in total. The molecular weight excluding hydrogens is 120 g/mol. The molecule has 0 radical (unpaired) electrons. The molecule has 3 nitrogen and oxygen atoms in total. The van der Waals surface area contributed by atoms with Crippen molar-refractivity contribution in [2.24, 2.45) is 0 Å². The highest BCUT2D eigenvalue weighted by Gasteiger charge is 2.89. The zero-order valence-corrected chi connectivity index (χ0v) is 5.13. The lowest BCUT2D eigenvalue weighted by atomic mass is 10.3. The summed E-state index contributed by atoms with van der Waals surface area (Å²) in [5.41, 5.74) is 0. The molecule has 0 aromatic heterocycles. The Morgan fingerprint density at radius 1 is 1.56 bits per heavy atom. The van der Waals surface area contributed by atoms with Crippen molar-refractivity contribution >= 4 is 0 Å². The van der Waals surface area contributed by atoms with Gasteiger partial charge in [0.25, 0.3) is 11.6 Å². The zero-order chi connectivity index (χ0) is 6.54. The molecule has 2 heterocycles. The molecule has 2 aliphatic rings. The second-order valence-electron chi connectivity index (χ2n) is 2.28. The van der Waals surface area contributed by atoms with E-state index in [1.165, 1.54) is 0 Å². The smallest absolute Gasteiger partial charge is 0.257 e. The maximum absolute atomic E-state index is 8.61. The molecule has 0 atom stereocenters. The van der Waals surface area contributed by atoms with Crippen molar-refractivity contribution in [3.05, 3.63) is 12.2 Å². The molecule has 0 unspecified atom stereocenters. The number of aliphatic hydroxyl groups excluding tert-OH is 1. The van der Waals surface area contributed by atoms with E-state index in [4.69, 9.17) is 14.6 Å². The molecule has 9 heavy (non-hydrogen) atoms. The van der Waals surface area contributed by atoms with Crippen molar-refractivity contribution in [1.82, 2.24) is 0 Å². The van der Waals surface area contributed by atoms with Crippen LogP contribution in [0.25, 0.3) is 0 Å². The first-order valence-corrected chi connectivity index (χ1v) is 2.94. The normalized spacial score (nSPS) is 53.6. The number of hydrogen-bond donors (Lipinski definition) is 1. The van der Waals surface area contributed by atoms with Crippen LogP contribution in [0.4, 0.5) is 0 Å². The number of rotatable bonds is 2. The van der Waals surface area contributed by atoms with Gasteiger partial charge in [0.15, 0.2) is 0 Å². The SMILES string of the molecule is C/C=C/C12OC1(CO)O2. The van der Waals surface area contributed by atoms with Gasteiger partial charge in [0.2, 0.25) is 0 Å². The van der Waals surface area contributed by atoms with Gasteiger partial charge in [-0.05, 0) is 13.0 Å². The summed E-state index contributed by atoms with van der Waals surface area (Å²) >= 11 is 0. The fourth-order valence-corrected chi connectivity index (χ4v) is 1.04. The molecule has 0 saturated carbocycles. The van der Waals surface area contributed by atoms with Gasteiger partial charge >= 0.3 is 0 Å². The highest BCUT2D eigenvalue weighted by molar-refractivity contribution is 5.27. The summed E-state index contributed by atoms with van der Waals surface area (Å²) < 4.78 is 10.0. The second kappa shape index (κ2) is 1.21. The zero-order valence-electron chi connectivity index (χ0n) is 5.13. The highest BCUT2D eigenvalue weighted by Crippen LogP contribution is 2.67. The van der Waals surface area contributed by atoms with E-state index < -0.39 is 11.6 Å². The molecule has 2 rings (SSSR count). The van der Waals surface area contributed by atoms with Crippen molar-refractivity contribution in [3.63, 3.8) is 0 Å². The van der Waals surface area contributed by atoms with E-state index in [2.05, 4.69) is 0 Å². The van der Waals surface area contributed by atoms with Crippen LogP contribution in [0.1, 0.15) is 6.92 Å². The highest BCUT2D eigenvalue weighted by atomic mass is 17.0. The largest absolute Gasteiger partial charge is 0.391 e. The van der Waals surface area contributed by atoms with E-state index in [0.29, 0.717) is 0 Å². The second-order valence-corrected chi connectivity index (χ2v) is 2.28. The molecule has 2 fully saturated rings. The summed E-state index contributed by atoms with van der Waals surface area (Å²) in [6, 6.07) is 0. The molecule has 50 valence electrons. The fraction of sp³-hybridized carbons (Fsp3) is 0.667. The predicted molar refractivity (Wildman–Crippen MR) is 29.5 cm³/mol. The van der Waals surface area contributed by atoms with Crippen molar-refractivity contribution in [2.75, 3.05) is 6.61 Å². The molecule has 0 aromatic rings. The Bertz CT molecular complexity index is 167. The summed E-state index contributed by atoms with van der Waals surface area (Å²) in [6.07, 6.45) is 3.66. The maximum atomic E-state index is 8.61. The lowest BCUT2D eigenvalue weighted by Crippen LogP contribution is -2.03. The van der Waals surface area contributed by atoms with E-state index in [1.54, 1.807) is 0 Å². The molecule has 0 aliphatic carbocycles. The standard InChI is InChI=1S/C6H8O3/c1-2-3-5-6(4-7,8-5)9-5/h2-3,7H,4H2,1H3/b3-2+. The van der Waals surface area contributed by atoms with E-state index in [0.717, 1.165) is 0 Å². The van der Waals surface area contributed by atoms with Crippen LogP contribution in [0.2, 0.25) is 0 Å². The lowest BCUT2D eigenvalue weighted by molar-refractivity contribution is -0.0956. The fourth-order valence-electron chi connectivity index (χ4n) is 1.04.